The summed E-state index contributed by atoms with van der Waals surface area (Å²) in [7, 11) is 0.567. The van der Waals surface area contributed by atoms with E-state index in [0.29, 0.717) is 41.4 Å². The van der Waals surface area contributed by atoms with E-state index in [1.165, 1.54) is 0 Å². The topological polar surface area (TPSA) is 147 Å². The summed E-state index contributed by atoms with van der Waals surface area (Å²) in [5.74, 6) is 1.10. The fourth-order valence-electron chi connectivity index (χ4n) is 4.34. The Kier molecular flexibility index (Phi) is 7.77. The van der Waals surface area contributed by atoms with Crippen molar-refractivity contribution in [1.29, 1.82) is 0 Å². The fraction of sp³-hybridized carbons (Fsp3) is 0.296. The Balaban J connectivity index is 1.48. The first-order valence-electron chi connectivity index (χ1n) is 12.5. The Hall–Kier alpha value is -4.00. The summed E-state index contributed by atoms with van der Waals surface area (Å²) in [6, 6.07) is 14.7. The lowest BCUT2D eigenvalue weighted by atomic mass is 10.0. The first kappa shape index (κ1) is 26.6. The molecule has 3 heterocycles. The normalized spacial score (nSPS) is 15.4. The standard InChI is InChI=1S/C27H29N7O4S/c1-34(2)16-24-31-26(38-33-24)22-15-29-27(30-21-10-11-23-19(13-21)9-6-12-39(23,36)37)32-25(22)28-14-20(17-35)18-7-4-3-5-8-18/h3-5,7-8,10-11,13-15,20,35H,6,9,12,16-17H2,1-2H3,(H,29,30,32). The number of sulfone groups is 1. The van der Waals surface area contributed by atoms with Crippen molar-refractivity contribution >= 4 is 33.5 Å². The third-order valence-corrected chi connectivity index (χ3v) is 8.13. The number of benzene rings is 2. The van der Waals surface area contributed by atoms with Gasteiger partial charge in [-0.2, -0.15) is 9.97 Å². The van der Waals surface area contributed by atoms with Gasteiger partial charge in [0, 0.05) is 24.0 Å². The summed E-state index contributed by atoms with van der Waals surface area (Å²) >= 11 is 0. The van der Waals surface area contributed by atoms with Crippen molar-refractivity contribution in [2.75, 3.05) is 31.8 Å². The molecule has 0 saturated carbocycles. The number of nitrogens with one attached hydrogen (secondary N) is 1. The van der Waals surface area contributed by atoms with Crippen molar-refractivity contribution in [3.63, 3.8) is 0 Å². The summed E-state index contributed by atoms with van der Waals surface area (Å²) in [5.41, 5.74) is 2.79. The van der Waals surface area contributed by atoms with Gasteiger partial charge < -0.3 is 19.8 Å². The number of rotatable bonds is 9. The number of aromatic nitrogens is 4. The van der Waals surface area contributed by atoms with Crippen molar-refractivity contribution in [3.8, 4) is 11.5 Å². The van der Waals surface area contributed by atoms with Gasteiger partial charge in [-0.05, 0) is 56.3 Å². The zero-order valence-corrected chi connectivity index (χ0v) is 22.5. The van der Waals surface area contributed by atoms with Crippen LogP contribution in [0.25, 0.3) is 11.5 Å². The number of aryl methyl sites for hydroxylation is 1. The molecule has 0 fully saturated rings. The van der Waals surface area contributed by atoms with Crippen LogP contribution in [-0.2, 0) is 22.8 Å². The average molecular weight is 548 g/mol. The molecule has 2 aromatic heterocycles. The van der Waals surface area contributed by atoms with Crippen molar-refractivity contribution in [1.82, 2.24) is 25.0 Å². The molecule has 12 heteroatoms. The maximum absolute atomic E-state index is 12.4. The number of nitrogens with zero attached hydrogens (tertiary/aromatic N) is 6. The molecule has 1 aliphatic rings. The second-order valence-corrected chi connectivity index (χ2v) is 11.6. The molecule has 0 spiro atoms. The molecule has 1 unspecified atom stereocenters. The molecule has 2 aromatic carbocycles. The van der Waals surface area contributed by atoms with E-state index in [-0.39, 0.29) is 35.9 Å². The predicted molar refractivity (Wildman–Crippen MR) is 147 cm³/mol. The van der Waals surface area contributed by atoms with Gasteiger partial charge in [0.15, 0.2) is 21.5 Å². The molecule has 202 valence electrons. The minimum Gasteiger partial charge on any atom is -0.395 e. The SMILES string of the molecule is CN(C)Cc1noc(-c2cnc(Nc3ccc4c(c3)CCCS4(=O)=O)nc2N=CC(CO)c2ccccc2)n1. The van der Waals surface area contributed by atoms with Crippen LogP contribution in [0.4, 0.5) is 17.5 Å². The first-order chi connectivity index (χ1) is 18.8. The number of hydrogen-bond donors (Lipinski definition) is 2. The molecule has 0 radical (unpaired) electrons. The highest BCUT2D eigenvalue weighted by Crippen LogP contribution is 2.31. The summed E-state index contributed by atoms with van der Waals surface area (Å²) in [6.07, 6.45) is 4.46. The van der Waals surface area contributed by atoms with E-state index in [1.54, 1.807) is 24.5 Å². The van der Waals surface area contributed by atoms with Gasteiger partial charge in [0.2, 0.25) is 5.95 Å². The molecule has 5 rings (SSSR count). The zero-order chi connectivity index (χ0) is 27.4. The molecular weight excluding hydrogens is 518 g/mol. The van der Waals surface area contributed by atoms with Gasteiger partial charge in [0.05, 0.1) is 23.8 Å². The molecule has 0 amide bonds. The maximum Gasteiger partial charge on any atom is 0.263 e. The van der Waals surface area contributed by atoms with Crippen LogP contribution in [0.15, 0.2) is 69.1 Å². The number of aliphatic hydroxyl groups is 1. The van der Waals surface area contributed by atoms with Crippen molar-refractivity contribution in [2.24, 2.45) is 4.99 Å². The summed E-state index contributed by atoms with van der Waals surface area (Å²) < 4.78 is 30.2. The third kappa shape index (κ3) is 6.19. The highest BCUT2D eigenvalue weighted by molar-refractivity contribution is 7.91. The van der Waals surface area contributed by atoms with Crippen LogP contribution in [0.2, 0.25) is 0 Å². The van der Waals surface area contributed by atoms with E-state index in [4.69, 9.17) is 4.52 Å². The molecule has 1 atom stereocenters. The second kappa shape index (κ2) is 11.4. The molecule has 0 saturated heterocycles. The van der Waals surface area contributed by atoms with Gasteiger partial charge >= 0.3 is 0 Å². The van der Waals surface area contributed by atoms with Gasteiger partial charge in [0.1, 0.15) is 5.56 Å². The smallest absolute Gasteiger partial charge is 0.263 e. The maximum atomic E-state index is 12.4. The van der Waals surface area contributed by atoms with Crippen LogP contribution in [0.3, 0.4) is 0 Å². The van der Waals surface area contributed by atoms with Crippen molar-refractivity contribution in [2.45, 2.75) is 30.2 Å². The van der Waals surface area contributed by atoms with E-state index >= 15 is 0 Å². The summed E-state index contributed by atoms with van der Waals surface area (Å²) in [5, 5.41) is 17.2. The molecule has 4 aromatic rings. The van der Waals surface area contributed by atoms with Crippen molar-refractivity contribution < 1.29 is 18.0 Å². The number of fused-ring (bicyclic) bond motifs is 1. The van der Waals surface area contributed by atoms with Gasteiger partial charge in [-0.15, -0.1) is 0 Å². The van der Waals surface area contributed by atoms with E-state index in [9.17, 15) is 13.5 Å². The Morgan fingerprint density at radius 2 is 2.00 bits per heavy atom. The fourth-order valence-corrected chi connectivity index (χ4v) is 5.92. The Labute approximate surface area is 226 Å². The van der Waals surface area contributed by atoms with E-state index < -0.39 is 9.84 Å². The molecular formula is C27H29N7O4S. The van der Waals surface area contributed by atoms with Crippen molar-refractivity contribution in [3.05, 3.63) is 71.7 Å². The lowest BCUT2D eigenvalue weighted by Crippen LogP contribution is -2.16. The molecule has 11 nitrogen and oxygen atoms in total. The number of hydrogen-bond acceptors (Lipinski definition) is 11. The van der Waals surface area contributed by atoms with E-state index in [2.05, 4.69) is 30.4 Å². The lowest BCUT2D eigenvalue weighted by molar-refractivity contribution is 0.291. The minimum absolute atomic E-state index is 0.134. The van der Waals surface area contributed by atoms with Crippen LogP contribution in [0.1, 0.15) is 29.3 Å². The zero-order valence-electron chi connectivity index (χ0n) is 21.6. The van der Waals surface area contributed by atoms with Crippen LogP contribution in [-0.4, -0.2) is 71.2 Å². The van der Waals surface area contributed by atoms with Crippen LogP contribution < -0.4 is 5.32 Å². The highest BCUT2D eigenvalue weighted by atomic mass is 32.2. The Bertz CT molecular complexity index is 1590. The first-order valence-corrected chi connectivity index (χ1v) is 14.1. The quantitative estimate of drug-likeness (QED) is 0.298. The van der Waals surface area contributed by atoms with E-state index in [0.717, 1.165) is 11.1 Å². The van der Waals surface area contributed by atoms with Crippen LogP contribution in [0, 0.1) is 0 Å². The number of aliphatic imine (C=N–C) groups is 1. The predicted octanol–water partition coefficient (Wildman–Crippen LogP) is 3.53. The van der Waals surface area contributed by atoms with Crippen LogP contribution >= 0.6 is 0 Å². The summed E-state index contributed by atoms with van der Waals surface area (Å²) in [6.45, 7) is 0.363. The molecule has 2 N–H and O–H groups in total. The molecule has 0 aliphatic carbocycles. The van der Waals surface area contributed by atoms with Gasteiger partial charge in [-0.1, -0.05) is 35.5 Å². The lowest BCUT2D eigenvalue weighted by Gasteiger charge is -2.17. The number of aliphatic hydroxyl groups excluding tert-OH is 1. The molecule has 1 aliphatic heterocycles. The summed E-state index contributed by atoms with van der Waals surface area (Å²) in [4.78, 5) is 20.4. The Morgan fingerprint density at radius 3 is 2.77 bits per heavy atom. The monoisotopic (exact) mass is 547 g/mol. The van der Waals surface area contributed by atoms with Gasteiger partial charge in [0.25, 0.3) is 5.89 Å². The second-order valence-electron chi connectivity index (χ2n) is 9.53. The highest BCUT2D eigenvalue weighted by Gasteiger charge is 2.24. The third-order valence-electron chi connectivity index (χ3n) is 6.24. The minimum atomic E-state index is -3.25. The number of anilines is 2. The molecule has 39 heavy (non-hydrogen) atoms. The van der Waals surface area contributed by atoms with Gasteiger partial charge in [-0.3, -0.25) is 0 Å². The average Bonchev–Trinajstić information content (AvgIpc) is 3.37. The largest absolute Gasteiger partial charge is 0.395 e. The van der Waals surface area contributed by atoms with E-state index in [1.807, 2.05) is 55.4 Å². The van der Waals surface area contributed by atoms with Gasteiger partial charge in [-0.25, -0.2) is 18.4 Å². The molecule has 0 bridgehead atoms. The van der Waals surface area contributed by atoms with Crippen LogP contribution in [0.5, 0.6) is 0 Å². The Morgan fingerprint density at radius 1 is 1.18 bits per heavy atom.